The van der Waals surface area contributed by atoms with Gasteiger partial charge in [-0.2, -0.15) is 13.2 Å². The molecule has 2 heterocycles. The van der Waals surface area contributed by atoms with Crippen molar-refractivity contribution in [3.8, 4) is 0 Å². The molecule has 11 nitrogen and oxygen atoms in total. The van der Waals surface area contributed by atoms with Gasteiger partial charge in [-0.1, -0.05) is 57.9 Å². The normalized spacial score (nSPS) is 16.9. The van der Waals surface area contributed by atoms with Gasteiger partial charge in [0.05, 0.1) is 28.4 Å². The minimum atomic E-state index is -5.08. The van der Waals surface area contributed by atoms with Crippen LogP contribution in [0.5, 0.6) is 0 Å². The number of aromatic nitrogens is 2. The Morgan fingerprint density at radius 3 is 2.40 bits per heavy atom. The second kappa shape index (κ2) is 13.1. The molecule has 3 aromatic carbocycles. The molecule has 45 heavy (non-hydrogen) atoms. The van der Waals surface area contributed by atoms with Gasteiger partial charge < -0.3 is 10.1 Å². The summed E-state index contributed by atoms with van der Waals surface area (Å²) in [6.07, 6.45) is -5.05. The predicted molar refractivity (Wildman–Crippen MR) is 161 cm³/mol. The summed E-state index contributed by atoms with van der Waals surface area (Å²) in [6, 6.07) is 16.2. The van der Waals surface area contributed by atoms with Gasteiger partial charge in [0.1, 0.15) is 11.1 Å². The van der Waals surface area contributed by atoms with Crippen molar-refractivity contribution in [3.63, 3.8) is 0 Å². The summed E-state index contributed by atoms with van der Waals surface area (Å²) in [5.41, 5.74) is 3.36. The van der Waals surface area contributed by atoms with E-state index in [0.717, 1.165) is 11.1 Å². The van der Waals surface area contributed by atoms with E-state index in [2.05, 4.69) is 30.6 Å². The molecule has 18 heteroatoms. The van der Waals surface area contributed by atoms with Crippen LogP contribution in [0.2, 0.25) is 5.02 Å². The second-order valence-corrected chi connectivity index (χ2v) is 14.7. The molecule has 2 atom stereocenters. The van der Waals surface area contributed by atoms with Gasteiger partial charge in [-0.3, -0.25) is 9.52 Å². The van der Waals surface area contributed by atoms with Gasteiger partial charge in [0.15, 0.2) is 0 Å². The summed E-state index contributed by atoms with van der Waals surface area (Å²) >= 11 is 9.62. The molecule has 5 rings (SSSR count). The second-order valence-electron chi connectivity index (χ2n) is 9.85. The number of aliphatic carboxylic acids is 1. The summed E-state index contributed by atoms with van der Waals surface area (Å²) in [7, 11) is -7.80. The highest BCUT2D eigenvalue weighted by atomic mass is 79.9. The lowest BCUT2D eigenvalue weighted by molar-refractivity contribution is -0.192. The Bertz CT molecular complexity index is 1970. The number of fused-ring (bicyclic) bond motifs is 1. The van der Waals surface area contributed by atoms with Crippen LogP contribution in [0.3, 0.4) is 0 Å². The van der Waals surface area contributed by atoms with Gasteiger partial charge in [-0.15, -0.1) is 0 Å². The number of sulfonamides is 2. The van der Waals surface area contributed by atoms with E-state index in [0.29, 0.717) is 32.0 Å². The van der Waals surface area contributed by atoms with E-state index in [4.69, 9.17) is 21.5 Å². The van der Waals surface area contributed by atoms with Crippen LogP contribution in [0.15, 0.2) is 70.0 Å². The van der Waals surface area contributed by atoms with E-state index in [1.165, 1.54) is 12.1 Å². The summed E-state index contributed by atoms with van der Waals surface area (Å²) in [5.74, 6) is -2.89. The zero-order chi connectivity index (χ0) is 33.3. The maximum Gasteiger partial charge on any atom is 0.490 e. The van der Waals surface area contributed by atoms with Crippen molar-refractivity contribution >= 4 is 70.5 Å². The number of nitrogens with zero attached hydrogens (tertiary/aromatic N) is 1. The highest BCUT2D eigenvalue weighted by Crippen LogP contribution is 2.36. The fraction of sp³-hybridized carbons (Fsp3) is 0.222. The van der Waals surface area contributed by atoms with Crippen LogP contribution in [-0.4, -0.2) is 50.0 Å². The number of amides is 1. The highest BCUT2D eigenvalue weighted by Gasteiger charge is 2.39. The fourth-order valence-corrected chi connectivity index (χ4v) is 8.13. The van der Waals surface area contributed by atoms with Crippen molar-refractivity contribution in [2.24, 2.45) is 0 Å². The number of hydrogen-bond donors (Lipinski definition) is 4. The molecule has 0 spiro atoms. The quantitative estimate of drug-likeness (QED) is 0.202. The molecule has 1 unspecified atom stereocenters. The lowest BCUT2D eigenvalue weighted by Gasteiger charge is -2.19. The lowest BCUT2D eigenvalue weighted by atomic mass is 10.0. The molecule has 1 fully saturated rings. The largest absolute Gasteiger partial charge is 0.490 e. The van der Waals surface area contributed by atoms with E-state index in [1.54, 1.807) is 31.2 Å². The number of rotatable bonds is 7. The molecule has 0 aliphatic carbocycles. The number of carbonyl (C=O) groups excluding carboxylic acids is 1. The molecular formula is C27H23BrClF3N4O7S2. The van der Waals surface area contributed by atoms with Crippen LogP contribution in [0.1, 0.15) is 40.2 Å². The maximum atomic E-state index is 13.4. The third-order valence-corrected chi connectivity index (χ3v) is 10.8. The zero-order valence-electron chi connectivity index (χ0n) is 22.9. The standard InChI is InChI=1S/C25H22BrClN4O5S2.C2HF3O2/c1-14-6-8-16(12-19(14)27)37(33,34)30-22(25-28-20-4-2-3-5-21(20)29-25)11-15-7-9-17(18(26)10-15)23-13-24(32)31-38(23,35)36;3-2(4,5)1(6)7/h2-10,12,22-23,30H,11,13H2,1H3,(H,28,29)(H,31,32);(H,6,7)/t22-,23?;/m0./s1. The summed E-state index contributed by atoms with van der Waals surface area (Å²) in [6.45, 7) is 1.79. The Hall–Kier alpha value is -3.51. The molecule has 240 valence electrons. The number of carboxylic acids is 1. The van der Waals surface area contributed by atoms with Gasteiger partial charge >= 0.3 is 12.1 Å². The molecule has 0 saturated carbocycles. The molecular weight excluding hydrogens is 729 g/mol. The molecule has 1 aliphatic heterocycles. The van der Waals surface area contributed by atoms with E-state index in [-0.39, 0.29) is 17.7 Å². The minimum absolute atomic E-state index is 0.0225. The average Bonchev–Trinajstić information content (AvgIpc) is 3.49. The zero-order valence-corrected chi connectivity index (χ0v) is 26.9. The van der Waals surface area contributed by atoms with E-state index >= 15 is 0 Å². The lowest BCUT2D eigenvalue weighted by Crippen LogP contribution is -2.31. The van der Waals surface area contributed by atoms with E-state index in [1.807, 2.05) is 29.0 Å². The number of hydrogen-bond acceptors (Lipinski definition) is 7. The van der Waals surface area contributed by atoms with E-state index in [9.17, 15) is 34.8 Å². The average molecular weight is 752 g/mol. The first-order valence-corrected chi connectivity index (χ1v) is 16.9. The van der Waals surface area contributed by atoms with Crippen LogP contribution in [0.4, 0.5) is 13.2 Å². The van der Waals surface area contributed by atoms with Gasteiger partial charge in [0, 0.05) is 9.50 Å². The van der Waals surface area contributed by atoms with Crippen LogP contribution in [0, 0.1) is 6.92 Å². The molecule has 1 aliphatic rings. The van der Waals surface area contributed by atoms with Crippen LogP contribution in [0.25, 0.3) is 11.0 Å². The van der Waals surface area contributed by atoms with Gasteiger partial charge in [-0.05, 0) is 60.4 Å². The number of halogens is 5. The minimum Gasteiger partial charge on any atom is -0.475 e. The van der Waals surface area contributed by atoms with Crippen molar-refractivity contribution < 1.29 is 44.7 Å². The number of para-hydroxylation sites is 2. The predicted octanol–water partition coefficient (Wildman–Crippen LogP) is 5.07. The third-order valence-electron chi connectivity index (χ3n) is 6.58. The van der Waals surface area contributed by atoms with Crippen molar-refractivity contribution in [1.82, 2.24) is 19.4 Å². The van der Waals surface area contributed by atoms with Crippen LogP contribution < -0.4 is 9.44 Å². The van der Waals surface area contributed by atoms with Gasteiger partial charge in [0.25, 0.3) is 0 Å². The number of aryl methyl sites for hydroxylation is 1. The molecule has 1 amide bonds. The SMILES string of the molecule is Cc1ccc(S(=O)(=O)N[C@@H](Cc2ccc(C3CC(=O)NS3(=O)=O)c(Br)c2)c2nc3ccccc3[nH]2)cc1Cl.O=C(O)C(F)(F)F. The number of alkyl halides is 3. The van der Waals surface area contributed by atoms with Crippen LogP contribution >= 0.6 is 27.5 Å². The number of aromatic amines is 1. The maximum absolute atomic E-state index is 13.4. The number of carbonyl (C=O) groups is 2. The Labute approximate surface area is 268 Å². The highest BCUT2D eigenvalue weighted by molar-refractivity contribution is 9.10. The number of H-pyrrole nitrogens is 1. The molecule has 0 radical (unpaired) electrons. The first kappa shape index (κ1) is 34.4. The summed E-state index contributed by atoms with van der Waals surface area (Å²) < 4.78 is 88.4. The number of imidazole rings is 1. The van der Waals surface area contributed by atoms with Crippen molar-refractivity contribution in [3.05, 3.63) is 92.7 Å². The van der Waals surface area contributed by atoms with Crippen molar-refractivity contribution in [1.29, 1.82) is 0 Å². The Morgan fingerprint density at radius 2 is 1.84 bits per heavy atom. The first-order chi connectivity index (χ1) is 20.9. The monoisotopic (exact) mass is 750 g/mol. The number of carboxylic acid groups (broad SMARTS) is 1. The van der Waals surface area contributed by atoms with Gasteiger partial charge in [0.2, 0.25) is 26.0 Å². The molecule has 4 N–H and O–H groups in total. The topological polar surface area (TPSA) is 175 Å². The molecule has 0 bridgehead atoms. The summed E-state index contributed by atoms with van der Waals surface area (Å²) in [4.78, 5) is 28.4. The van der Waals surface area contributed by atoms with Crippen LogP contribution in [-0.2, 0) is 36.1 Å². The van der Waals surface area contributed by atoms with Crippen molar-refractivity contribution in [2.75, 3.05) is 0 Å². The molecule has 1 saturated heterocycles. The Kier molecular flexibility index (Phi) is 9.99. The third kappa shape index (κ3) is 8.21. The van der Waals surface area contributed by atoms with Crippen molar-refractivity contribution in [2.45, 2.75) is 42.1 Å². The number of benzene rings is 3. The smallest absolute Gasteiger partial charge is 0.475 e. The molecule has 1 aromatic heterocycles. The molecule has 4 aromatic rings. The summed E-state index contributed by atoms with van der Waals surface area (Å²) in [5, 5.41) is 6.46. The Balaban J connectivity index is 0.000000591. The van der Waals surface area contributed by atoms with E-state index < -0.39 is 49.4 Å². The first-order valence-electron chi connectivity index (χ1n) is 12.7. The van der Waals surface area contributed by atoms with Gasteiger partial charge in [-0.25, -0.2) is 31.3 Å². The fourth-order valence-electron chi connectivity index (χ4n) is 4.35. The number of nitrogens with one attached hydrogen (secondary N) is 3. The Morgan fingerprint density at radius 1 is 1.18 bits per heavy atom.